The summed E-state index contributed by atoms with van der Waals surface area (Å²) >= 11 is 5.98. The van der Waals surface area contributed by atoms with Crippen molar-refractivity contribution in [3.05, 3.63) is 29.3 Å². The van der Waals surface area contributed by atoms with Gasteiger partial charge >= 0.3 is 0 Å². The third-order valence-corrected chi connectivity index (χ3v) is 6.42. The Hall–Kier alpha value is -1.11. The smallest absolute Gasteiger partial charge is 0.287 e. The molecule has 0 aliphatic heterocycles. The summed E-state index contributed by atoms with van der Waals surface area (Å²) in [6.45, 7) is 6.57. The number of aromatic nitrogens is 2. The number of hydrogen-bond donors (Lipinski definition) is 0. The van der Waals surface area contributed by atoms with Crippen LogP contribution in [0, 0.1) is 5.92 Å². The number of fused-ring (bicyclic) bond motifs is 1. The molecule has 0 N–H and O–H groups in total. The van der Waals surface area contributed by atoms with E-state index in [0.717, 1.165) is 11.0 Å². The van der Waals surface area contributed by atoms with E-state index in [4.69, 9.17) is 20.4 Å². The molecule has 116 valence electrons. The van der Waals surface area contributed by atoms with Gasteiger partial charge in [-0.15, -0.1) is 5.10 Å². The molecule has 22 heavy (non-hydrogen) atoms. The van der Waals surface area contributed by atoms with Gasteiger partial charge in [0.1, 0.15) is 5.58 Å². The predicted molar refractivity (Wildman–Crippen MR) is 92.3 cm³/mol. The molecule has 0 saturated heterocycles. The molecule has 2 aromatic heterocycles. The van der Waals surface area contributed by atoms with Crippen LogP contribution in [0.2, 0.25) is 5.02 Å². The van der Waals surface area contributed by atoms with Gasteiger partial charge < -0.3 is 8.83 Å². The van der Waals surface area contributed by atoms with Crippen LogP contribution >= 0.6 is 33.2 Å². The zero-order valence-corrected chi connectivity index (χ0v) is 14.8. The van der Waals surface area contributed by atoms with Gasteiger partial charge in [-0.05, 0) is 30.2 Å². The van der Waals surface area contributed by atoms with E-state index in [2.05, 4.69) is 31.0 Å². The topological polar surface area (TPSA) is 52.1 Å². The van der Waals surface area contributed by atoms with Crippen molar-refractivity contribution in [3.63, 3.8) is 0 Å². The van der Waals surface area contributed by atoms with Crippen LogP contribution in [0.5, 0.6) is 0 Å². The van der Waals surface area contributed by atoms with Crippen molar-refractivity contribution in [1.29, 1.82) is 0 Å². The Morgan fingerprint density at radius 3 is 2.68 bits per heavy atom. The van der Waals surface area contributed by atoms with Crippen molar-refractivity contribution in [2.45, 2.75) is 31.2 Å². The maximum Gasteiger partial charge on any atom is 0.287 e. The first-order chi connectivity index (χ1) is 10.5. The van der Waals surface area contributed by atoms with Gasteiger partial charge in [0.05, 0.1) is 0 Å². The van der Waals surface area contributed by atoms with Gasteiger partial charge in [-0.3, -0.25) is 0 Å². The van der Waals surface area contributed by atoms with Gasteiger partial charge in [0.15, 0.2) is 5.76 Å². The minimum atomic E-state index is 0.382. The predicted octanol–water partition coefficient (Wildman–Crippen LogP) is 5.92. The van der Waals surface area contributed by atoms with Gasteiger partial charge in [0, 0.05) is 26.5 Å². The summed E-state index contributed by atoms with van der Waals surface area (Å²) in [6.07, 6.45) is 0. The van der Waals surface area contributed by atoms with E-state index < -0.39 is 0 Å². The number of hydrogen-bond acceptors (Lipinski definition) is 6. The molecule has 1 unspecified atom stereocenters. The molecule has 3 aromatic rings. The van der Waals surface area contributed by atoms with Crippen LogP contribution in [0.4, 0.5) is 0 Å². The Balaban J connectivity index is 1.77. The second-order valence-electron chi connectivity index (χ2n) is 5.29. The summed E-state index contributed by atoms with van der Waals surface area (Å²) in [5.74, 6) is 1.53. The minimum Gasteiger partial charge on any atom is -0.451 e. The normalized spacial score (nSPS) is 13.1. The zero-order valence-electron chi connectivity index (χ0n) is 12.4. The first kappa shape index (κ1) is 15.8. The van der Waals surface area contributed by atoms with E-state index in [1.54, 1.807) is 16.9 Å². The fourth-order valence-electron chi connectivity index (χ4n) is 1.69. The van der Waals surface area contributed by atoms with Crippen LogP contribution in [0.3, 0.4) is 0 Å². The van der Waals surface area contributed by atoms with Crippen molar-refractivity contribution < 1.29 is 8.83 Å². The van der Waals surface area contributed by atoms with E-state index in [0.29, 0.717) is 33.1 Å². The third-order valence-electron chi connectivity index (χ3n) is 3.31. The highest BCUT2D eigenvalue weighted by atomic mass is 35.5. The summed E-state index contributed by atoms with van der Waals surface area (Å²) < 4.78 is 11.4. The molecular weight excluding hydrogens is 340 g/mol. The van der Waals surface area contributed by atoms with Crippen LogP contribution in [0.15, 0.2) is 38.3 Å². The first-order valence-electron chi connectivity index (χ1n) is 6.89. The van der Waals surface area contributed by atoms with Crippen molar-refractivity contribution >= 4 is 44.2 Å². The van der Waals surface area contributed by atoms with Gasteiger partial charge in [0.2, 0.25) is 0 Å². The average Bonchev–Trinajstić information content (AvgIpc) is 3.10. The monoisotopic (exact) mass is 354 g/mol. The molecule has 1 aromatic carbocycles. The highest BCUT2D eigenvalue weighted by molar-refractivity contribution is 8.76. The number of nitrogens with zero attached hydrogens (tertiary/aromatic N) is 2. The summed E-state index contributed by atoms with van der Waals surface area (Å²) in [6, 6.07) is 7.31. The number of benzene rings is 1. The lowest BCUT2D eigenvalue weighted by Crippen LogP contribution is -2.03. The van der Waals surface area contributed by atoms with Crippen molar-refractivity contribution in [2.75, 3.05) is 0 Å². The Morgan fingerprint density at radius 2 is 1.91 bits per heavy atom. The van der Waals surface area contributed by atoms with E-state index in [9.17, 15) is 0 Å². The van der Waals surface area contributed by atoms with Crippen LogP contribution in [-0.2, 0) is 0 Å². The Morgan fingerprint density at radius 1 is 1.09 bits per heavy atom. The van der Waals surface area contributed by atoms with Crippen LogP contribution < -0.4 is 0 Å². The Bertz CT molecular complexity index is 785. The average molecular weight is 355 g/mol. The molecule has 0 fully saturated rings. The van der Waals surface area contributed by atoms with E-state index in [-0.39, 0.29) is 0 Å². The SMILES string of the molecule is CC(C)C(C)SSc1nnc(-c2cc3cc(Cl)ccc3o2)o1. The fraction of sp³-hybridized carbons (Fsp3) is 0.333. The van der Waals surface area contributed by atoms with E-state index >= 15 is 0 Å². The lowest BCUT2D eigenvalue weighted by molar-refractivity contribution is 0.453. The van der Waals surface area contributed by atoms with Gasteiger partial charge in [-0.2, -0.15) is 0 Å². The highest BCUT2D eigenvalue weighted by Gasteiger charge is 2.16. The molecule has 2 heterocycles. The molecule has 4 nitrogen and oxygen atoms in total. The summed E-state index contributed by atoms with van der Waals surface area (Å²) in [5.41, 5.74) is 0.745. The summed E-state index contributed by atoms with van der Waals surface area (Å²) in [5, 5.41) is 10.7. The molecule has 0 aliphatic rings. The number of rotatable bonds is 5. The van der Waals surface area contributed by atoms with Gasteiger partial charge in [-0.1, -0.05) is 48.3 Å². The van der Waals surface area contributed by atoms with Crippen molar-refractivity contribution in [3.8, 4) is 11.7 Å². The number of halogens is 1. The highest BCUT2D eigenvalue weighted by Crippen LogP contribution is 2.37. The molecule has 0 aliphatic carbocycles. The Labute approximate surface area is 141 Å². The van der Waals surface area contributed by atoms with Crippen molar-refractivity contribution in [2.24, 2.45) is 5.92 Å². The maximum absolute atomic E-state index is 5.98. The maximum atomic E-state index is 5.98. The molecule has 7 heteroatoms. The molecule has 3 rings (SSSR count). The Kier molecular flexibility index (Phi) is 4.70. The van der Waals surface area contributed by atoms with Gasteiger partial charge in [-0.25, -0.2) is 0 Å². The third kappa shape index (κ3) is 3.45. The molecule has 0 spiro atoms. The summed E-state index contributed by atoms with van der Waals surface area (Å²) in [7, 11) is 3.22. The quantitative estimate of drug-likeness (QED) is 0.530. The standard InChI is InChI=1S/C15H15ClN2O2S2/c1-8(2)9(3)21-22-15-18-17-14(20-15)13-7-10-6-11(16)4-5-12(10)19-13/h4-9H,1-3H3. The summed E-state index contributed by atoms with van der Waals surface area (Å²) in [4.78, 5) is 0. The second kappa shape index (κ2) is 6.56. The number of furan rings is 1. The van der Waals surface area contributed by atoms with Crippen LogP contribution in [0.1, 0.15) is 20.8 Å². The molecular formula is C15H15ClN2O2S2. The lowest BCUT2D eigenvalue weighted by atomic mass is 10.2. The van der Waals surface area contributed by atoms with Crippen LogP contribution in [0.25, 0.3) is 22.6 Å². The molecule has 0 bridgehead atoms. The second-order valence-corrected chi connectivity index (χ2v) is 8.26. The van der Waals surface area contributed by atoms with Crippen molar-refractivity contribution in [1.82, 2.24) is 10.2 Å². The first-order valence-corrected chi connectivity index (χ1v) is 9.48. The molecule has 0 radical (unpaired) electrons. The lowest BCUT2D eigenvalue weighted by Gasteiger charge is -2.11. The molecule has 1 atom stereocenters. The van der Waals surface area contributed by atoms with E-state index in [1.807, 2.05) is 18.2 Å². The fourth-order valence-corrected chi connectivity index (χ4v) is 4.09. The van der Waals surface area contributed by atoms with Crippen LogP contribution in [-0.4, -0.2) is 15.4 Å². The minimum absolute atomic E-state index is 0.382. The zero-order chi connectivity index (χ0) is 15.7. The van der Waals surface area contributed by atoms with E-state index in [1.165, 1.54) is 10.8 Å². The van der Waals surface area contributed by atoms with Gasteiger partial charge in [0.25, 0.3) is 11.1 Å². The molecule has 0 saturated carbocycles. The molecule has 0 amide bonds. The largest absolute Gasteiger partial charge is 0.451 e.